The van der Waals surface area contributed by atoms with E-state index < -0.39 is 0 Å². The van der Waals surface area contributed by atoms with Gasteiger partial charge in [-0.3, -0.25) is 9.78 Å². The van der Waals surface area contributed by atoms with Crippen LogP contribution in [0.5, 0.6) is 0 Å². The van der Waals surface area contributed by atoms with Crippen LogP contribution >= 0.6 is 0 Å². The van der Waals surface area contributed by atoms with E-state index in [1.165, 1.54) is 0 Å². The van der Waals surface area contributed by atoms with E-state index >= 15 is 0 Å². The lowest BCUT2D eigenvalue weighted by molar-refractivity contribution is -0.138. The van der Waals surface area contributed by atoms with E-state index in [1.807, 2.05) is 24.0 Å². The Labute approximate surface area is 128 Å². The Bertz CT molecular complexity index is 629. The summed E-state index contributed by atoms with van der Waals surface area (Å²) >= 11 is 0. The maximum absolute atomic E-state index is 12.2. The van der Waals surface area contributed by atoms with E-state index in [0.29, 0.717) is 44.3 Å². The molecular formula is C15H18N4O3. The zero-order valence-corrected chi connectivity index (χ0v) is 12.4. The second kappa shape index (κ2) is 6.65. The van der Waals surface area contributed by atoms with Gasteiger partial charge in [-0.25, -0.2) is 0 Å². The van der Waals surface area contributed by atoms with Crippen LogP contribution in [0.15, 0.2) is 29.0 Å². The molecule has 2 aromatic rings. The van der Waals surface area contributed by atoms with E-state index in [9.17, 15) is 4.79 Å². The van der Waals surface area contributed by atoms with Gasteiger partial charge in [0.1, 0.15) is 0 Å². The quantitative estimate of drug-likeness (QED) is 0.847. The number of aryl methyl sites for hydroxylation is 1. The third-order valence-corrected chi connectivity index (χ3v) is 3.53. The number of carbonyl (C=O) groups excluding carboxylic acids is 1. The molecule has 1 atom stereocenters. The van der Waals surface area contributed by atoms with Crippen LogP contribution in [-0.4, -0.2) is 51.7 Å². The van der Waals surface area contributed by atoms with Gasteiger partial charge in [0.2, 0.25) is 17.6 Å². The van der Waals surface area contributed by atoms with Crippen LogP contribution in [0.25, 0.3) is 11.4 Å². The van der Waals surface area contributed by atoms with Gasteiger partial charge in [0, 0.05) is 43.9 Å². The van der Waals surface area contributed by atoms with Crippen LogP contribution in [0.4, 0.5) is 0 Å². The number of aromatic nitrogens is 3. The molecule has 0 radical (unpaired) electrons. The van der Waals surface area contributed by atoms with Crippen molar-refractivity contribution in [3.63, 3.8) is 0 Å². The summed E-state index contributed by atoms with van der Waals surface area (Å²) in [5, 5.41) is 3.92. The molecule has 1 aliphatic rings. The average molecular weight is 302 g/mol. The minimum absolute atomic E-state index is 0.0938. The molecule has 22 heavy (non-hydrogen) atoms. The zero-order chi connectivity index (χ0) is 15.4. The number of hydrogen-bond donors (Lipinski definition) is 0. The Kier molecular flexibility index (Phi) is 4.43. The van der Waals surface area contributed by atoms with E-state index in [4.69, 9.17) is 9.26 Å². The number of nitrogens with zero attached hydrogens (tertiary/aromatic N) is 4. The number of carbonyl (C=O) groups is 1. The van der Waals surface area contributed by atoms with Gasteiger partial charge in [-0.05, 0) is 19.1 Å². The normalized spacial score (nSPS) is 18.4. The highest BCUT2D eigenvalue weighted by Gasteiger charge is 2.21. The molecule has 0 unspecified atom stereocenters. The summed E-state index contributed by atoms with van der Waals surface area (Å²) < 4.78 is 10.6. The molecule has 3 rings (SSSR count). The van der Waals surface area contributed by atoms with Gasteiger partial charge in [0.15, 0.2) is 0 Å². The van der Waals surface area contributed by atoms with Gasteiger partial charge in [0.05, 0.1) is 12.7 Å². The molecule has 7 heteroatoms. The molecule has 1 aliphatic heterocycles. The molecule has 0 N–H and O–H groups in total. The average Bonchev–Trinajstić information content (AvgIpc) is 3.02. The third-order valence-electron chi connectivity index (χ3n) is 3.53. The Morgan fingerprint density at radius 1 is 1.50 bits per heavy atom. The van der Waals surface area contributed by atoms with Crippen molar-refractivity contribution in [3.05, 3.63) is 30.4 Å². The first-order valence-corrected chi connectivity index (χ1v) is 7.35. The van der Waals surface area contributed by atoms with Crippen molar-refractivity contribution in [1.29, 1.82) is 0 Å². The standard InChI is InChI=1S/C15H18N4O3/c1-11-10-19(7-8-21-11)14(20)5-4-13-17-15(18-22-13)12-3-2-6-16-9-12/h2-3,6,9,11H,4-5,7-8,10H2,1H3/t11-/m1/s1. The van der Waals surface area contributed by atoms with Crippen molar-refractivity contribution in [2.75, 3.05) is 19.7 Å². The van der Waals surface area contributed by atoms with Crippen molar-refractivity contribution in [2.45, 2.75) is 25.9 Å². The van der Waals surface area contributed by atoms with Crippen LogP contribution in [0.2, 0.25) is 0 Å². The smallest absolute Gasteiger partial charge is 0.227 e. The predicted molar refractivity (Wildman–Crippen MR) is 77.8 cm³/mol. The summed E-state index contributed by atoms with van der Waals surface area (Å²) in [6.07, 6.45) is 4.26. The van der Waals surface area contributed by atoms with Crippen molar-refractivity contribution >= 4 is 5.91 Å². The fourth-order valence-electron chi connectivity index (χ4n) is 2.39. The fourth-order valence-corrected chi connectivity index (χ4v) is 2.39. The van der Waals surface area contributed by atoms with Crippen LogP contribution in [0, 0.1) is 0 Å². The van der Waals surface area contributed by atoms with Gasteiger partial charge < -0.3 is 14.2 Å². The Hall–Kier alpha value is -2.28. The summed E-state index contributed by atoms with van der Waals surface area (Å²) in [5.41, 5.74) is 0.797. The summed E-state index contributed by atoms with van der Waals surface area (Å²) in [4.78, 5) is 22.3. The Morgan fingerprint density at radius 3 is 3.18 bits per heavy atom. The van der Waals surface area contributed by atoms with E-state index in [-0.39, 0.29) is 12.0 Å². The number of morpholine rings is 1. The number of amides is 1. The largest absolute Gasteiger partial charge is 0.375 e. The molecule has 1 amide bonds. The second-order valence-electron chi connectivity index (χ2n) is 5.27. The SMILES string of the molecule is C[C@@H]1CN(C(=O)CCc2nc(-c3cccnc3)no2)CCO1. The zero-order valence-electron chi connectivity index (χ0n) is 12.4. The summed E-state index contributed by atoms with van der Waals surface area (Å²) in [5.74, 6) is 1.06. The number of ether oxygens (including phenoxy) is 1. The molecule has 3 heterocycles. The molecule has 116 valence electrons. The minimum atomic E-state index is 0.0938. The monoisotopic (exact) mass is 302 g/mol. The Balaban J connectivity index is 1.56. The maximum Gasteiger partial charge on any atom is 0.227 e. The topological polar surface area (TPSA) is 81.4 Å². The molecule has 7 nitrogen and oxygen atoms in total. The molecule has 0 aliphatic carbocycles. The summed E-state index contributed by atoms with van der Waals surface area (Å²) in [6.45, 7) is 3.85. The highest BCUT2D eigenvalue weighted by Crippen LogP contribution is 2.15. The summed E-state index contributed by atoms with van der Waals surface area (Å²) in [6, 6.07) is 3.68. The van der Waals surface area contributed by atoms with Crippen LogP contribution in [-0.2, 0) is 16.0 Å². The molecule has 0 bridgehead atoms. The predicted octanol–water partition coefficient (Wildman–Crippen LogP) is 1.31. The molecular weight excluding hydrogens is 284 g/mol. The molecule has 1 fully saturated rings. The molecule has 0 saturated carbocycles. The van der Waals surface area contributed by atoms with Crippen LogP contribution in [0.1, 0.15) is 19.2 Å². The first kappa shape index (κ1) is 14.6. The fraction of sp³-hybridized carbons (Fsp3) is 0.467. The van der Waals surface area contributed by atoms with Crippen molar-refractivity contribution in [2.24, 2.45) is 0 Å². The van der Waals surface area contributed by atoms with Crippen LogP contribution in [0.3, 0.4) is 0 Å². The van der Waals surface area contributed by atoms with E-state index in [0.717, 1.165) is 5.56 Å². The lowest BCUT2D eigenvalue weighted by atomic mass is 10.2. The first-order valence-electron chi connectivity index (χ1n) is 7.35. The molecule has 2 aromatic heterocycles. The van der Waals surface area contributed by atoms with Crippen molar-refractivity contribution in [3.8, 4) is 11.4 Å². The van der Waals surface area contributed by atoms with Gasteiger partial charge in [0.25, 0.3) is 0 Å². The summed E-state index contributed by atoms with van der Waals surface area (Å²) in [7, 11) is 0. The molecule has 0 spiro atoms. The third kappa shape index (κ3) is 3.48. The lowest BCUT2D eigenvalue weighted by Gasteiger charge is -2.31. The number of pyridine rings is 1. The molecule has 0 aromatic carbocycles. The highest BCUT2D eigenvalue weighted by atomic mass is 16.5. The van der Waals surface area contributed by atoms with Gasteiger partial charge in [-0.1, -0.05) is 5.16 Å². The highest BCUT2D eigenvalue weighted by molar-refractivity contribution is 5.76. The first-order chi connectivity index (χ1) is 10.7. The van der Waals surface area contributed by atoms with Crippen molar-refractivity contribution in [1.82, 2.24) is 20.0 Å². The maximum atomic E-state index is 12.2. The van der Waals surface area contributed by atoms with Crippen molar-refractivity contribution < 1.29 is 14.1 Å². The van der Waals surface area contributed by atoms with Gasteiger partial charge in [-0.2, -0.15) is 4.98 Å². The van der Waals surface area contributed by atoms with Crippen LogP contribution < -0.4 is 0 Å². The second-order valence-corrected chi connectivity index (χ2v) is 5.27. The van der Waals surface area contributed by atoms with E-state index in [1.54, 1.807) is 12.4 Å². The lowest BCUT2D eigenvalue weighted by Crippen LogP contribution is -2.44. The number of hydrogen-bond acceptors (Lipinski definition) is 6. The van der Waals surface area contributed by atoms with Gasteiger partial charge in [-0.15, -0.1) is 0 Å². The van der Waals surface area contributed by atoms with E-state index in [2.05, 4.69) is 15.1 Å². The van der Waals surface area contributed by atoms with Gasteiger partial charge >= 0.3 is 0 Å². The minimum Gasteiger partial charge on any atom is -0.375 e. The number of rotatable bonds is 4. The molecule has 1 saturated heterocycles. The Morgan fingerprint density at radius 2 is 2.41 bits per heavy atom.